The highest BCUT2D eigenvalue weighted by Crippen LogP contribution is 2.16. The van der Waals surface area contributed by atoms with Crippen LogP contribution in [0, 0.1) is 6.92 Å². The van der Waals surface area contributed by atoms with Crippen LogP contribution in [-0.4, -0.2) is 17.0 Å². The van der Waals surface area contributed by atoms with Gasteiger partial charge in [-0.2, -0.15) is 0 Å². The highest BCUT2D eigenvalue weighted by molar-refractivity contribution is 6.31. The normalized spacial score (nSPS) is 10.3. The number of carboxylic acid groups (broad SMARTS) is 1. The molecule has 4 nitrogen and oxygen atoms in total. The number of carbonyl (C=O) groups excluding carboxylic acids is 1. The van der Waals surface area contributed by atoms with Crippen molar-refractivity contribution in [3.05, 3.63) is 69.7 Å². The van der Waals surface area contributed by atoms with Gasteiger partial charge < -0.3 is 10.4 Å². The van der Waals surface area contributed by atoms with Crippen LogP contribution in [0.4, 0.5) is 0 Å². The van der Waals surface area contributed by atoms with Crippen molar-refractivity contribution in [2.24, 2.45) is 0 Å². The van der Waals surface area contributed by atoms with Crippen LogP contribution in [0.25, 0.3) is 0 Å². The molecule has 0 unspecified atom stereocenters. The van der Waals surface area contributed by atoms with E-state index in [4.69, 9.17) is 16.7 Å². The van der Waals surface area contributed by atoms with Gasteiger partial charge in [0.15, 0.2) is 0 Å². The zero-order chi connectivity index (χ0) is 16.1. The summed E-state index contributed by atoms with van der Waals surface area (Å²) in [7, 11) is 0. The molecule has 2 aromatic carbocycles. The highest BCUT2D eigenvalue weighted by Gasteiger charge is 2.07. The van der Waals surface area contributed by atoms with E-state index >= 15 is 0 Å². The van der Waals surface area contributed by atoms with Crippen molar-refractivity contribution in [1.82, 2.24) is 5.32 Å². The van der Waals surface area contributed by atoms with Crippen LogP contribution in [0.2, 0.25) is 5.02 Å². The fourth-order valence-electron chi connectivity index (χ4n) is 1.97. The first-order valence-electron chi connectivity index (χ1n) is 6.79. The Morgan fingerprint density at radius 3 is 2.32 bits per heavy atom. The summed E-state index contributed by atoms with van der Waals surface area (Å²) in [5.74, 6) is -1.06. The molecular weight excluding hydrogens is 302 g/mol. The minimum Gasteiger partial charge on any atom is -0.481 e. The Balaban J connectivity index is 1.95. The third-order valence-corrected chi connectivity index (χ3v) is 3.67. The number of hydrogen-bond acceptors (Lipinski definition) is 2. The number of hydrogen-bond donors (Lipinski definition) is 2. The Bertz CT molecular complexity index is 696. The first-order valence-corrected chi connectivity index (χ1v) is 7.17. The average Bonchev–Trinajstić information content (AvgIpc) is 2.48. The number of nitrogens with one attached hydrogen (secondary N) is 1. The molecule has 0 spiro atoms. The number of carboxylic acids is 1. The summed E-state index contributed by atoms with van der Waals surface area (Å²) < 4.78 is 0. The van der Waals surface area contributed by atoms with Crippen LogP contribution in [0.1, 0.15) is 27.0 Å². The van der Waals surface area contributed by atoms with E-state index in [1.54, 1.807) is 42.5 Å². The van der Waals surface area contributed by atoms with Crippen molar-refractivity contribution >= 4 is 23.5 Å². The van der Waals surface area contributed by atoms with E-state index in [1.165, 1.54) is 0 Å². The number of benzene rings is 2. The standard InChI is InChI=1S/C17H16ClNO3/c1-11-2-7-14(9-15(11)18)17(22)19-10-13-5-3-12(4-6-13)8-16(20)21/h2-7,9H,8,10H2,1H3,(H,19,22)(H,20,21). The molecule has 114 valence electrons. The third-order valence-electron chi connectivity index (χ3n) is 3.27. The van der Waals surface area contributed by atoms with Crippen LogP contribution in [0.3, 0.4) is 0 Å². The molecule has 2 aromatic rings. The van der Waals surface area contributed by atoms with Crippen molar-refractivity contribution in [2.75, 3.05) is 0 Å². The Morgan fingerprint density at radius 1 is 1.09 bits per heavy atom. The van der Waals surface area contributed by atoms with E-state index in [0.29, 0.717) is 17.1 Å². The van der Waals surface area contributed by atoms with Crippen LogP contribution >= 0.6 is 11.6 Å². The van der Waals surface area contributed by atoms with E-state index in [1.807, 2.05) is 6.92 Å². The SMILES string of the molecule is Cc1ccc(C(=O)NCc2ccc(CC(=O)O)cc2)cc1Cl. The smallest absolute Gasteiger partial charge is 0.307 e. The molecule has 22 heavy (non-hydrogen) atoms. The van der Waals surface area contributed by atoms with Crippen molar-refractivity contribution in [3.63, 3.8) is 0 Å². The molecule has 0 aromatic heterocycles. The minimum atomic E-state index is -0.864. The molecule has 2 N–H and O–H groups in total. The zero-order valence-corrected chi connectivity index (χ0v) is 12.9. The first-order chi connectivity index (χ1) is 10.5. The molecule has 1 amide bonds. The van der Waals surface area contributed by atoms with Crippen LogP contribution in [-0.2, 0) is 17.8 Å². The molecule has 0 aliphatic heterocycles. The van der Waals surface area contributed by atoms with E-state index in [9.17, 15) is 9.59 Å². The monoisotopic (exact) mass is 317 g/mol. The Labute approximate surface area is 133 Å². The van der Waals surface area contributed by atoms with Gasteiger partial charge in [-0.3, -0.25) is 9.59 Å². The second kappa shape index (κ2) is 7.09. The maximum absolute atomic E-state index is 12.0. The largest absolute Gasteiger partial charge is 0.481 e. The van der Waals surface area contributed by atoms with Gasteiger partial charge in [0, 0.05) is 17.1 Å². The minimum absolute atomic E-state index is 0.00545. The second-order valence-electron chi connectivity index (χ2n) is 5.03. The predicted molar refractivity (Wildman–Crippen MR) is 85.1 cm³/mol. The molecule has 0 saturated heterocycles. The highest BCUT2D eigenvalue weighted by atomic mass is 35.5. The van der Waals surface area contributed by atoms with E-state index < -0.39 is 5.97 Å². The maximum atomic E-state index is 12.0. The lowest BCUT2D eigenvalue weighted by Crippen LogP contribution is -2.22. The molecule has 0 aliphatic rings. The number of aryl methyl sites for hydroxylation is 1. The van der Waals surface area contributed by atoms with Gasteiger partial charge >= 0.3 is 5.97 Å². The van der Waals surface area contributed by atoms with Crippen molar-refractivity contribution in [3.8, 4) is 0 Å². The molecular formula is C17H16ClNO3. The molecule has 0 saturated carbocycles. The van der Waals surface area contributed by atoms with Crippen molar-refractivity contribution in [1.29, 1.82) is 0 Å². The van der Waals surface area contributed by atoms with Gasteiger partial charge in [-0.1, -0.05) is 41.9 Å². The van der Waals surface area contributed by atoms with Gasteiger partial charge in [0.2, 0.25) is 0 Å². The summed E-state index contributed by atoms with van der Waals surface area (Å²) in [6.07, 6.45) is -0.00545. The van der Waals surface area contributed by atoms with Crippen molar-refractivity contribution < 1.29 is 14.7 Å². The number of rotatable bonds is 5. The summed E-state index contributed by atoms with van der Waals surface area (Å²) in [4.78, 5) is 22.7. The van der Waals surface area contributed by atoms with Gasteiger partial charge in [0.05, 0.1) is 6.42 Å². The zero-order valence-electron chi connectivity index (χ0n) is 12.1. The fraction of sp³-hybridized carbons (Fsp3) is 0.176. The summed E-state index contributed by atoms with van der Waals surface area (Å²) in [5, 5.41) is 12.1. The van der Waals surface area contributed by atoms with E-state index in [-0.39, 0.29) is 12.3 Å². The van der Waals surface area contributed by atoms with Crippen molar-refractivity contribution in [2.45, 2.75) is 19.9 Å². The van der Waals surface area contributed by atoms with Crippen LogP contribution in [0.15, 0.2) is 42.5 Å². The van der Waals surface area contributed by atoms with Gasteiger partial charge in [-0.25, -0.2) is 0 Å². The molecule has 0 atom stereocenters. The number of carbonyl (C=O) groups is 2. The third kappa shape index (κ3) is 4.33. The van der Waals surface area contributed by atoms with Crippen LogP contribution in [0.5, 0.6) is 0 Å². The molecule has 5 heteroatoms. The summed E-state index contributed by atoms with van der Waals surface area (Å²) >= 11 is 6.01. The number of halogens is 1. The predicted octanol–water partition coefficient (Wildman–Crippen LogP) is 3.21. The lowest BCUT2D eigenvalue weighted by molar-refractivity contribution is -0.136. The van der Waals surface area contributed by atoms with Gasteiger partial charge in [0.1, 0.15) is 0 Å². The van der Waals surface area contributed by atoms with E-state index in [0.717, 1.165) is 16.7 Å². The molecule has 0 radical (unpaired) electrons. The van der Waals surface area contributed by atoms with Gasteiger partial charge in [0.25, 0.3) is 5.91 Å². The molecule has 0 heterocycles. The lowest BCUT2D eigenvalue weighted by atomic mass is 10.1. The number of amides is 1. The molecule has 0 fully saturated rings. The van der Waals surface area contributed by atoms with Gasteiger partial charge in [-0.15, -0.1) is 0 Å². The first kappa shape index (κ1) is 16.0. The lowest BCUT2D eigenvalue weighted by Gasteiger charge is -2.07. The summed E-state index contributed by atoms with van der Waals surface area (Å²) in [6, 6.07) is 12.3. The molecule has 0 bridgehead atoms. The molecule has 0 aliphatic carbocycles. The molecule has 2 rings (SSSR count). The second-order valence-corrected chi connectivity index (χ2v) is 5.44. The van der Waals surface area contributed by atoms with Gasteiger partial charge in [-0.05, 0) is 35.7 Å². The topological polar surface area (TPSA) is 66.4 Å². The average molecular weight is 318 g/mol. The Kier molecular flexibility index (Phi) is 5.17. The van der Waals surface area contributed by atoms with Crippen LogP contribution < -0.4 is 5.32 Å². The summed E-state index contributed by atoms with van der Waals surface area (Å²) in [6.45, 7) is 2.25. The quantitative estimate of drug-likeness (QED) is 0.890. The Hall–Kier alpha value is -2.33. The van der Waals surface area contributed by atoms with E-state index in [2.05, 4.69) is 5.32 Å². The summed E-state index contributed by atoms with van der Waals surface area (Å²) in [5.41, 5.74) is 3.07. The Morgan fingerprint density at radius 2 is 1.73 bits per heavy atom. The fourth-order valence-corrected chi connectivity index (χ4v) is 2.15. The number of aliphatic carboxylic acids is 1. The maximum Gasteiger partial charge on any atom is 0.307 e.